The summed E-state index contributed by atoms with van der Waals surface area (Å²) >= 11 is 0. The molecule has 0 radical (unpaired) electrons. The first-order valence-electron chi connectivity index (χ1n) is 10.5. The average molecular weight is 428 g/mol. The number of hydrogen-bond acceptors (Lipinski definition) is 5. The van der Waals surface area contributed by atoms with Crippen LogP contribution in [-0.2, 0) is 0 Å². The molecule has 0 atom stereocenters. The first-order valence-corrected chi connectivity index (χ1v) is 10.5. The minimum Gasteiger partial charge on any atom is -0.492 e. The number of carbonyl (C=O) groups excluding carboxylic acids is 1. The lowest BCUT2D eigenvalue weighted by Gasteiger charge is -2.17. The van der Waals surface area contributed by atoms with Gasteiger partial charge in [0.15, 0.2) is 0 Å². The Bertz CT molecular complexity index is 1200. The molecule has 1 amide bonds. The Morgan fingerprint density at radius 3 is 2.25 bits per heavy atom. The van der Waals surface area contributed by atoms with E-state index in [1.54, 1.807) is 24.1 Å². The highest BCUT2D eigenvalue weighted by Gasteiger charge is 2.14. The van der Waals surface area contributed by atoms with E-state index in [4.69, 9.17) is 9.15 Å². The summed E-state index contributed by atoms with van der Waals surface area (Å²) in [6.07, 6.45) is 0. The molecule has 4 aromatic rings. The summed E-state index contributed by atoms with van der Waals surface area (Å²) in [7, 11) is 1.76. The van der Waals surface area contributed by atoms with E-state index in [1.807, 2.05) is 74.5 Å². The van der Waals surface area contributed by atoms with Crippen molar-refractivity contribution >= 4 is 5.91 Å². The summed E-state index contributed by atoms with van der Waals surface area (Å²) in [5, 5.41) is 8.30. The van der Waals surface area contributed by atoms with Gasteiger partial charge in [0, 0.05) is 23.7 Å². The molecule has 0 aliphatic heterocycles. The van der Waals surface area contributed by atoms with E-state index in [1.165, 1.54) is 5.56 Å². The maximum Gasteiger partial charge on any atom is 0.253 e. The third-order valence-corrected chi connectivity index (χ3v) is 5.13. The van der Waals surface area contributed by atoms with Gasteiger partial charge < -0.3 is 14.1 Å². The molecule has 0 N–H and O–H groups in total. The molecule has 0 aliphatic rings. The molecule has 162 valence electrons. The minimum absolute atomic E-state index is 0.0740. The van der Waals surface area contributed by atoms with Gasteiger partial charge in [0.05, 0.1) is 6.54 Å². The zero-order valence-electron chi connectivity index (χ0n) is 18.4. The fourth-order valence-electron chi connectivity index (χ4n) is 3.25. The number of benzene rings is 3. The molecule has 1 aromatic heterocycles. The number of amides is 1. The fraction of sp³-hybridized carbons (Fsp3) is 0.192. The average Bonchev–Trinajstić information content (AvgIpc) is 3.30. The van der Waals surface area contributed by atoms with Crippen molar-refractivity contribution in [3.63, 3.8) is 0 Å². The summed E-state index contributed by atoms with van der Waals surface area (Å²) in [4.78, 5) is 14.4. The second kappa shape index (κ2) is 9.47. The molecule has 0 unspecified atom stereocenters. The highest BCUT2D eigenvalue weighted by Crippen LogP contribution is 2.25. The Balaban J connectivity index is 1.36. The van der Waals surface area contributed by atoms with Crippen molar-refractivity contribution in [1.29, 1.82) is 0 Å². The number of hydrogen-bond donors (Lipinski definition) is 0. The van der Waals surface area contributed by atoms with Crippen molar-refractivity contribution in [2.75, 3.05) is 20.2 Å². The lowest BCUT2D eigenvalue weighted by atomic mass is 10.1. The third-order valence-electron chi connectivity index (χ3n) is 5.13. The first kappa shape index (κ1) is 21.3. The van der Waals surface area contributed by atoms with Crippen LogP contribution in [-0.4, -0.2) is 41.2 Å². The van der Waals surface area contributed by atoms with E-state index < -0.39 is 0 Å². The van der Waals surface area contributed by atoms with Crippen LogP contribution < -0.4 is 4.74 Å². The van der Waals surface area contributed by atoms with Crippen LogP contribution in [0, 0.1) is 13.8 Å². The van der Waals surface area contributed by atoms with Crippen LogP contribution >= 0.6 is 0 Å². The summed E-state index contributed by atoms with van der Waals surface area (Å²) < 4.78 is 11.5. The largest absolute Gasteiger partial charge is 0.492 e. The van der Waals surface area contributed by atoms with Crippen molar-refractivity contribution in [2.24, 2.45) is 0 Å². The Labute approximate surface area is 187 Å². The zero-order valence-corrected chi connectivity index (χ0v) is 18.4. The molecular formula is C26H25N3O3. The van der Waals surface area contributed by atoms with E-state index in [2.05, 4.69) is 10.2 Å². The molecule has 0 saturated heterocycles. The molecule has 6 nitrogen and oxygen atoms in total. The van der Waals surface area contributed by atoms with Gasteiger partial charge in [-0.1, -0.05) is 35.4 Å². The Morgan fingerprint density at radius 1 is 0.875 bits per heavy atom. The van der Waals surface area contributed by atoms with Gasteiger partial charge in [-0.25, -0.2) is 0 Å². The quantitative estimate of drug-likeness (QED) is 0.407. The van der Waals surface area contributed by atoms with E-state index in [0.29, 0.717) is 30.5 Å². The maximum atomic E-state index is 12.7. The van der Waals surface area contributed by atoms with E-state index >= 15 is 0 Å². The van der Waals surface area contributed by atoms with Gasteiger partial charge in [-0.05, 0) is 62.4 Å². The lowest BCUT2D eigenvalue weighted by Crippen LogP contribution is -2.30. The molecule has 6 heteroatoms. The van der Waals surface area contributed by atoms with Crippen LogP contribution in [0.15, 0.2) is 77.2 Å². The molecule has 0 saturated carbocycles. The number of rotatable bonds is 7. The van der Waals surface area contributed by atoms with Crippen LogP contribution in [0.2, 0.25) is 0 Å². The van der Waals surface area contributed by atoms with Gasteiger partial charge in [0.1, 0.15) is 12.4 Å². The lowest BCUT2D eigenvalue weighted by molar-refractivity contribution is 0.0774. The number of aromatic nitrogens is 2. The minimum atomic E-state index is -0.0740. The van der Waals surface area contributed by atoms with Crippen LogP contribution in [0.5, 0.6) is 5.75 Å². The SMILES string of the molecule is Cc1ccc(OCCN(C)C(=O)c2ccc(-c3nnc(-c4cccc(C)c4)o3)cc2)cc1. The van der Waals surface area contributed by atoms with E-state index in [9.17, 15) is 4.79 Å². The van der Waals surface area contributed by atoms with E-state index in [0.717, 1.165) is 22.4 Å². The fourth-order valence-corrected chi connectivity index (χ4v) is 3.25. The van der Waals surface area contributed by atoms with Crippen molar-refractivity contribution < 1.29 is 13.9 Å². The second-order valence-corrected chi connectivity index (χ2v) is 7.75. The predicted molar refractivity (Wildman–Crippen MR) is 124 cm³/mol. The summed E-state index contributed by atoms with van der Waals surface area (Å²) in [5.41, 5.74) is 4.53. The smallest absolute Gasteiger partial charge is 0.253 e. The molecule has 3 aromatic carbocycles. The topological polar surface area (TPSA) is 68.5 Å². The highest BCUT2D eigenvalue weighted by atomic mass is 16.5. The first-order chi connectivity index (χ1) is 15.5. The Kier molecular flexibility index (Phi) is 6.31. The normalized spacial score (nSPS) is 10.7. The molecule has 0 aliphatic carbocycles. The Hall–Kier alpha value is -3.93. The van der Waals surface area contributed by atoms with Crippen LogP contribution in [0.3, 0.4) is 0 Å². The number of carbonyl (C=O) groups is 1. The molecule has 32 heavy (non-hydrogen) atoms. The van der Waals surface area contributed by atoms with Crippen molar-refractivity contribution in [3.05, 3.63) is 89.5 Å². The molecule has 4 rings (SSSR count). The standard InChI is InChI=1S/C26H25N3O3/c1-18-7-13-23(14-8-18)31-16-15-29(3)26(30)21-11-9-20(10-12-21)24-27-28-25(32-24)22-6-4-5-19(2)17-22/h4-14,17H,15-16H2,1-3H3. The summed E-state index contributed by atoms with van der Waals surface area (Å²) in [6.45, 7) is 4.95. The number of aryl methyl sites for hydroxylation is 2. The summed E-state index contributed by atoms with van der Waals surface area (Å²) in [5.74, 6) is 1.61. The van der Waals surface area contributed by atoms with Crippen molar-refractivity contribution in [2.45, 2.75) is 13.8 Å². The van der Waals surface area contributed by atoms with Gasteiger partial charge in [0.2, 0.25) is 11.8 Å². The Morgan fingerprint density at radius 2 is 1.56 bits per heavy atom. The van der Waals surface area contributed by atoms with Crippen LogP contribution in [0.1, 0.15) is 21.5 Å². The molecule has 1 heterocycles. The summed E-state index contributed by atoms with van der Waals surface area (Å²) in [6, 6.07) is 22.9. The molecule has 0 fully saturated rings. The van der Waals surface area contributed by atoms with Gasteiger partial charge in [0.25, 0.3) is 5.91 Å². The van der Waals surface area contributed by atoms with Gasteiger partial charge in [-0.2, -0.15) is 0 Å². The molecule has 0 bridgehead atoms. The van der Waals surface area contributed by atoms with Crippen molar-refractivity contribution in [3.8, 4) is 28.7 Å². The second-order valence-electron chi connectivity index (χ2n) is 7.75. The van der Waals surface area contributed by atoms with Crippen LogP contribution in [0.4, 0.5) is 0 Å². The van der Waals surface area contributed by atoms with Gasteiger partial charge in [-0.3, -0.25) is 4.79 Å². The number of nitrogens with zero attached hydrogens (tertiary/aromatic N) is 3. The highest BCUT2D eigenvalue weighted by molar-refractivity contribution is 5.94. The van der Waals surface area contributed by atoms with Crippen LogP contribution in [0.25, 0.3) is 22.9 Å². The van der Waals surface area contributed by atoms with Crippen molar-refractivity contribution in [1.82, 2.24) is 15.1 Å². The predicted octanol–water partition coefficient (Wildman–Crippen LogP) is 5.17. The van der Waals surface area contributed by atoms with E-state index in [-0.39, 0.29) is 5.91 Å². The zero-order chi connectivity index (χ0) is 22.5. The number of likely N-dealkylation sites (N-methyl/N-ethyl adjacent to an activating group) is 1. The molecule has 0 spiro atoms. The monoisotopic (exact) mass is 427 g/mol. The number of ether oxygens (including phenoxy) is 1. The maximum absolute atomic E-state index is 12.7. The van der Waals surface area contributed by atoms with Gasteiger partial charge >= 0.3 is 0 Å². The third kappa shape index (κ3) is 5.03. The van der Waals surface area contributed by atoms with Gasteiger partial charge in [-0.15, -0.1) is 10.2 Å². The molecular weight excluding hydrogens is 402 g/mol.